The molecule has 0 aliphatic rings. The highest BCUT2D eigenvalue weighted by molar-refractivity contribution is 7.71. The van der Waals surface area contributed by atoms with Gasteiger partial charge in [-0.05, 0) is 6.92 Å². The molecule has 0 saturated carbocycles. The smallest absolute Gasteiger partial charge is 0.240 e. The van der Waals surface area contributed by atoms with Gasteiger partial charge in [0.05, 0.1) is 17.4 Å². The maximum Gasteiger partial charge on any atom is 0.240 e. The Kier molecular flexibility index (Phi) is 1.25. The molecule has 0 aliphatic heterocycles. The van der Waals surface area contributed by atoms with E-state index in [0.29, 0.717) is 10.4 Å². The number of nitrogens with one attached hydrogen (secondary N) is 1. The van der Waals surface area contributed by atoms with Gasteiger partial charge in [-0.2, -0.15) is 0 Å². The summed E-state index contributed by atoms with van der Waals surface area (Å²) in [7, 11) is 0. The van der Waals surface area contributed by atoms with Crippen molar-refractivity contribution in [3.05, 3.63) is 16.7 Å². The summed E-state index contributed by atoms with van der Waals surface area (Å²) in [6.45, 7) is 1.83. The molecule has 11 heavy (non-hydrogen) atoms. The molecule has 0 aromatic carbocycles. The molecule has 4 nitrogen and oxygen atoms in total. The van der Waals surface area contributed by atoms with Crippen LogP contribution in [-0.2, 0) is 0 Å². The zero-order valence-corrected chi connectivity index (χ0v) is 6.60. The average molecular weight is 167 g/mol. The molecule has 5 heteroatoms. The summed E-state index contributed by atoms with van der Waals surface area (Å²) in [4.78, 5) is 6.71. The topological polar surface area (TPSA) is 54.7 Å². The lowest BCUT2D eigenvalue weighted by Gasteiger charge is -1.84. The molecule has 2 rings (SSSR count). The Hall–Kier alpha value is -1.23. The summed E-state index contributed by atoms with van der Waals surface area (Å²) < 4.78 is 5.44. The Morgan fingerprint density at radius 1 is 1.64 bits per heavy atom. The largest absolute Gasteiger partial charge is 0.337 e. The summed E-state index contributed by atoms with van der Waals surface area (Å²) in [6, 6.07) is 0. The molecule has 0 aliphatic carbocycles. The molecule has 2 aromatic rings. The maximum atomic E-state index is 4.96. The van der Waals surface area contributed by atoms with Gasteiger partial charge in [-0.15, -0.1) is 0 Å². The molecule has 0 fully saturated rings. The average Bonchev–Trinajstić information content (AvgIpc) is 2.34. The van der Waals surface area contributed by atoms with Gasteiger partial charge in [0, 0.05) is 0 Å². The summed E-state index contributed by atoms with van der Waals surface area (Å²) >= 11 is 4.96. The predicted molar refractivity (Wildman–Crippen MR) is 41.7 cm³/mol. The molecule has 0 spiro atoms. The summed E-state index contributed by atoms with van der Waals surface area (Å²) in [5.74, 6) is 0. The fourth-order valence-electron chi connectivity index (χ4n) is 0.934. The Balaban J connectivity index is 3.08. The number of hydrogen-bond donors (Lipinski definition) is 1. The Labute approximate surface area is 67.2 Å². The van der Waals surface area contributed by atoms with Crippen LogP contribution in [0.4, 0.5) is 0 Å². The predicted octanol–water partition coefficient (Wildman–Crippen LogP) is 1.59. The Morgan fingerprint density at radius 3 is 3.18 bits per heavy atom. The molecular weight excluding hydrogens is 162 g/mol. The van der Waals surface area contributed by atoms with Crippen LogP contribution in [0.25, 0.3) is 11.1 Å². The van der Waals surface area contributed by atoms with E-state index in [1.54, 1.807) is 0 Å². The van der Waals surface area contributed by atoms with Crippen LogP contribution in [-0.4, -0.2) is 15.1 Å². The van der Waals surface area contributed by atoms with E-state index in [1.165, 1.54) is 6.33 Å². The lowest BCUT2D eigenvalue weighted by molar-refractivity contribution is 0.442. The van der Waals surface area contributed by atoms with Crippen molar-refractivity contribution in [3.63, 3.8) is 0 Å². The van der Waals surface area contributed by atoms with E-state index >= 15 is 0 Å². The molecule has 0 amide bonds. The lowest BCUT2D eigenvalue weighted by Crippen LogP contribution is -1.79. The van der Waals surface area contributed by atoms with Crippen molar-refractivity contribution < 1.29 is 4.52 Å². The van der Waals surface area contributed by atoms with Crippen LogP contribution in [0.3, 0.4) is 0 Å². The van der Waals surface area contributed by atoms with Crippen molar-refractivity contribution in [2.24, 2.45) is 0 Å². The molecule has 0 unspecified atom stereocenters. The highest BCUT2D eigenvalue weighted by Crippen LogP contribution is 2.14. The molecular formula is C6H5N3OS. The van der Waals surface area contributed by atoms with Gasteiger partial charge < -0.3 is 9.51 Å². The first-order chi connectivity index (χ1) is 5.29. The van der Waals surface area contributed by atoms with Gasteiger partial charge >= 0.3 is 0 Å². The number of aromatic amines is 1. The first kappa shape index (κ1) is 6.48. The monoisotopic (exact) mass is 167 g/mol. The van der Waals surface area contributed by atoms with E-state index in [4.69, 9.17) is 16.7 Å². The van der Waals surface area contributed by atoms with Crippen molar-refractivity contribution in [2.75, 3.05) is 0 Å². The lowest BCUT2D eigenvalue weighted by atomic mass is 10.3. The van der Waals surface area contributed by atoms with Crippen LogP contribution in [0.15, 0.2) is 10.9 Å². The van der Waals surface area contributed by atoms with Gasteiger partial charge in [-0.3, -0.25) is 0 Å². The zero-order chi connectivity index (χ0) is 7.84. The molecule has 56 valence electrons. The third-order valence-electron chi connectivity index (χ3n) is 1.45. The van der Waals surface area contributed by atoms with Gasteiger partial charge in [-0.1, -0.05) is 17.4 Å². The molecule has 2 heterocycles. The summed E-state index contributed by atoms with van der Waals surface area (Å²) in [6.07, 6.45) is 1.50. The van der Waals surface area contributed by atoms with Crippen LogP contribution in [0, 0.1) is 11.6 Å². The molecule has 0 radical (unpaired) electrons. The fraction of sp³-hybridized carbons (Fsp3) is 0.167. The van der Waals surface area contributed by atoms with Crippen molar-refractivity contribution in [1.82, 2.24) is 15.1 Å². The minimum Gasteiger partial charge on any atom is -0.337 e. The molecule has 0 atom stereocenters. The third-order valence-corrected chi connectivity index (χ3v) is 1.76. The van der Waals surface area contributed by atoms with Crippen molar-refractivity contribution >= 4 is 23.3 Å². The second-order valence-electron chi connectivity index (χ2n) is 2.18. The van der Waals surface area contributed by atoms with E-state index < -0.39 is 0 Å². The third kappa shape index (κ3) is 0.848. The van der Waals surface area contributed by atoms with Crippen LogP contribution in [0.5, 0.6) is 0 Å². The van der Waals surface area contributed by atoms with Gasteiger partial charge in [0.15, 0.2) is 0 Å². The van der Waals surface area contributed by atoms with Crippen molar-refractivity contribution in [3.8, 4) is 0 Å². The Bertz CT molecular complexity index is 444. The number of hydrogen-bond acceptors (Lipinski definition) is 4. The number of rotatable bonds is 0. The number of aryl methyl sites for hydroxylation is 1. The first-order valence-corrected chi connectivity index (χ1v) is 3.49. The van der Waals surface area contributed by atoms with Crippen molar-refractivity contribution in [2.45, 2.75) is 6.92 Å². The minimum absolute atomic E-state index is 0.525. The van der Waals surface area contributed by atoms with Crippen LogP contribution in [0.1, 0.15) is 5.69 Å². The van der Waals surface area contributed by atoms with Gasteiger partial charge in [-0.25, -0.2) is 4.98 Å². The van der Waals surface area contributed by atoms with E-state index in [1.807, 2.05) is 6.92 Å². The summed E-state index contributed by atoms with van der Waals surface area (Å²) in [5, 5.41) is 4.54. The Morgan fingerprint density at radius 2 is 2.45 bits per heavy atom. The van der Waals surface area contributed by atoms with E-state index in [-0.39, 0.29) is 0 Å². The van der Waals surface area contributed by atoms with Gasteiger partial charge in [0.2, 0.25) is 5.71 Å². The normalized spacial score (nSPS) is 10.6. The SMILES string of the molecule is Cc1noc2[nH]cnc(=S)c12. The highest BCUT2D eigenvalue weighted by Gasteiger charge is 2.04. The van der Waals surface area contributed by atoms with Gasteiger partial charge in [0.25, 0.3) is 0 Å². The highest BCUT2D eigenvalue weighted by atomic mass is 32.1. The summed E-state index contributed by atoms with van der Waals surface area (Å²) in [5.41, 5.74) is 1.36. The second kappa shape index (κ2) is 2.13. The van der Waals surface area contributed by atoms with E-state index in [9.17, 15) is 0 Å². The van der Waals surface area contributed by atoms with Crippen LogP contribution in [0.2, 0.25) is 0 Å². The number of aromatic nitrogens is 3. The standard InChI is InChI=1S/C6H5N3OS/c1-3-4-5(10-9-3)7-2-8-6(4)11/h2H,1H3,(H,7,8,11). The van der Waals surface area contributed by atoms with E-state index in [2.05, 4.69) is 15.1 Å². The number of fused-ring (bicyclic) bond motifs is 1. The quantitative estimate of drug-likeness (QED) is 0.605. The molecule has 0 saturated heterocycles. The molecule has 0 bridgehead atoms. The first-order valence-electron chi connectivity index (χ1n) is 3.08. The minimum atomic E-state index is 0.525. The second-order valence-corrected chi connectivity index (χ2v) is 2.57. The number of nitrogens with zero attached hydrogens (tertiary/aromatic N) is 2. The zero-order valence-electron chi connectivity index (χ0n) is 5.79. The van der Waals surface area contributed by atoms with E-state index in [0.717, 1.165) is 11.1 Å². The van der Waals surface area contributed by atoms with Crippen LogP contribution < -0.4 is 0 Å². The maximum absolute atomic E-state index is 4.96. The molecule has 1 N–H and O–H groups in total. The number of H-pyrrole nitrogens is 1. The fourth-order valence-corrected chi connectivity index (χ4v) is 1.23. The van der Waals surface area contributed by atoms with Crippen LogP contribution >= 0.6 is 12.2 Å². The van der Waals surface area contributed by atoms with Crippen molar-refractivity contribution in [1.29, 1.82) is 0 Å². The molecule has 2 aromatic heterocycles. The van der Waals surface area contributed by atoms with Gasteiger partial charge in [0.1, 0.15) is 4.64 Å².